The van der Waals surface area contributed by atoms with Gasteiger partial charge < -0.3 is 58.2 Å². The molecule has 2 unspecified atom stereocenters. The van der Waals surface area contributed by atoms with E-state index in [0.717, 1.165) is 4.90 Å². The number of rotatable bonds is 22. The monoisotopic (exact) mass is 1310 g/mol. The van der Waals surface area contributed by atoms with Gasteiger partial charge in [0.2, 0.25) is 23.6 Å². The molecule has 89 heavy (non-hydrogen) atoms. The average Bonchev–Trinajstić information content (AvgIpc) is 1.99. The van der Waals surface area contributed by atoms with Crippen LogP contribution in [-0.2, 0) is 88.3 Å². The highest BCUT2D eigenvalue weighted by atomic mass is 32.5. The van der Waals surface area contributed by atoms with Crippen LogP contribution in [0.1, 0.15) is 93.4 Å². The Balaban J connectivity index is 0.764. The van der Waals surface area contributed by atoms with Crippen molar-refractivity contribution in [1.82, 2.24) is 44.6 Å². The molecule has 3 fully saturated rings. The zero-order chi connectivity index (χ0) is 63.7. The Hall–Kier alpha value is -7.12. The number of nitrogens with one attached hydrogen (secondary N) is 4. The van der Waals surface area contributed by atoms with E-state index >= 15 is 0 Å². The number of carbonyl (C=O) groups is 7. The summed E-state index contributed by atoms with van der Waals surface area (Å²) >= 11 is 10.8. The largest absolute Gasteiger partial charge is 0.474 e. The summed E-state index contributed by atoms with van der Waals surface area (Å²) in [6.45, 7) is -3.85. The number of hydrogen-bond donors (Lipinski definition) is 7. The number of anilines is 2. The molecule has 1 saturated carbocycles. The van der Waals surface area contributed by atoms with Crippen LogP contribution in [0.15, 0.2) is 90.4 Å². The number of aliphatic hydroxyl groups excluding tert-OH is 1. The van der Waals surface area contributed by atoms with E-state index in [9.17, 15) is 53.2 Å². The molecule has 1 aliphatic carbocycles. The first kappa shape index (κ1) is 66.3. The van der Waals surface area contributed by atoms with Gasteiger partial charge in [-0.05, 0) is 85.0 Å². The van der Waals surface area contributed by atoms with Gasteiger partial charge in [0.15, 0.2) is 17.4 Å². The first-order valence-corrected chi connectivity index (χ1v) is 33.7. The first-order valence-electron chi connectivity index (χ1n) is 28.5. The van der Waals surface area contributed by atoms with Crippen LogP contribution in [0.2, 0.25) is 0 Å². The van der Waals surface area contributed by atoms with Gasteiger partial charge in [-0.25, -0.2) is 19.7 Å². The lowest BCUT2D eigenvalue weighted by Gasteiger charge is -2.28. The van der Waals surface area contributed by atoms with E-state index in [-0.39, 0.29) is 91.8 Å². The Kier molecular flexibility index (Phi) is 21.8. The van der Waals surface area contributed by atoms with E-state index in [1.165, 1.54) is 60.5 Å². The molecule has 7 N–H and O–H groups in total. The molecule has 0 spiro atoms. The normalized spacial score (nSPS) is 25.1. The fourth-order valence-electron chi connectivity index (χ4n) is 10.4. The van der Waals surface area contributed by atoms with Crippen LogP contribution < -0.4 is 26.2 Å². The number of nitrogens with zero attached hydrogens (tertiary/aromatic N) is 7. The lowest BCUT2D eigenvalue weighted by Crippen LogP contribution is -2.45. The van der Waals surface area contributed by atoms with Gasteiger partial charge in [0.05, 0.1) is 25.6 Å². The number of ether oxygens (including phenoxy) is 3. The van der Waals surface area contributed by atoms with Crippen LogP contribution in [0.3, 0.4) is 0 Å². The number of hydrogen-bond acceptors (Lipinski definition) is 22. The molecule has 476 valence electrons. The number of aromatic amines is 1. The summed E-state index contributed by atoms with van der Waals surface area (Å²) in [5.41, 5.74) is 0.296. The van der Waals surface area contributed by atoms with Crippen molar-refractivity contribution in [3.63, 3.8) is 0 Å². The zero-order valence-corrected chi connectivity index (χ0v) is 52.1. The van der Waals surface area contributed by atoms with Gasteiger partial charge in [-0.15, -0.1) is 0 Å². The second-order valence-electron chi connectivity index (χ2n) is 22.1. The smallest absolute Gasteiger partial charge is 0.410 e. The highest BCUT2D eigenvalue weighted by Crippen LogP contribution is 2.54. The number of benzene rings is 2. The van der Waals surface area contributed by atoms with E-state index in [2.05, 4.69) is 40.9 Å². The van der Waals surface area contributed by atoms with Crippen molar-refractivity contribution in [2.24, 2.45) is 17.8 Å². The fraction of sp³-hybridized carbons (Fsp3) is 0.464. The molecule has 33 heteroatoms. The average molecular weight is 1310 g/mol. The number of Topliss-reactive ketones (excluding diaryl/α,β-unsaturated/α-hetero) is 1. The second-order valence-corrected chi connectivity index (χ2v) is 27.6. The number of ketones is 1. The number of imidazole rings is 1. The van der Waals surface area contributed by atoms with E-state index in [0.29, 0.717) is 48.4 Å². The summed E-state index contributed by atoms with van der Waals surface area (Å²) in [6, 6.07) is 13.5. The SMILES string of the molecule is CC(C)[C@H](CC(=O)CCCCCN1C(=O)C=CC1=O)C(=O)N[C@@H](C)C(=O)Nc1ccc(COC(=O)N(C)Cc2ccccc2C(=O)Nc2nc3c(ncn3[C@@H]3O[C@@H]4COP(O)(=S)O[C@H]5C[C@H](Oc6ccncn6)C[C@@H]5COP(O)(=S)O[C@@H]3[C@@H]4O)c(=O)[nH]2)cc1. The lowest BCUT2D eigenvalue weighted by atomic mass is 9.88. The topological polar surface area (TPSA) is 377 Å². The molecular weight excluding hydrogens is 1240 g/mol. The zero-order valence-electron chi connectivity index (χ0n) is 48.6. The van der Waals surface area contributed by atoms with Gasteiger partial charge in [-0.3, -0.25) is 57.9 Å². The van der Waals surface area contributed by atoms with Crippen molar-refractivity contribution in [1.29, 1.82) is 0 Å². The van der Waals surface area contributed by atoms with Gasteiger partial charge in [0, 0.05) is 86.9 Å². The molecule has 11 atom stereocenters. The molecule has 3 aliphatic heterocycles. The minimum Gasteiger partial charge on any atom is -0.474 e. The van der Waals surface area contributed by atoms with Crippen molar-refractivity contribution in [3.05, 3.63) is 113 Å². The van der Waals surface area contributed by atoms with Gasteiger partial charge in [0.25, 0.3) is 23.3 Å². The Morgan fingerprint density at radius 3 is 2.34 bits per heavy atom. The van der Waals surface area contributed by atoms with E-state index in [1.54, 1.807) is 48.5 Å². The molecule has 6 amide bonds. The molecule has 29 nitrogen and oxygen atoms in total. The Morgan fingerprint density at radius 1 is 0.876 bits per heavy atom. The van der Waals surface area contributed by atoms with Gasteiger partial charge in [0.1, 0.15) is 49.2 Å². The first-order chi connectivity index (χ1) is 42.4. The van der Waals surface area contributed by atoms with Crippen molar-refractivity contribution < 1.29 is 80.8 Å². The highest BCUT2D eigenvalue weighted by molar-refractivity contribution is 8.07. The molecule has 6 heterocycles. The summed E-state index contributed by atoms with van der Waals surface area (Å²) in [4.78, 5) is 148. The summed E-state index contributed by atoms with van der Waals surface area (Å²) in [5.74, 6) is -3.90. The van der Waals surface area contributed by atoms with Crippen molar-refractivity contribution in [2.75, 3.05) is 37.4 Å². The molecule has 2 bridgehead atoms. The highest BCUT2D eigenvalue weighted by Gasteiger charge is 2.50. The number of amides is 6. The maximum absolute atomic E-state index is 14.0. The third-order valence-corrected chi connectivity index (χ3v) is 18.3. The van der Waals surface area contributed by atoms with Crippen molar-refractivity contribution in [3.8, 4) is 5.88 Å². The third-order valence-electron chi connectivity index (χ3n) is 15.2. The van der Waals surface area contributed by atoms with Crippen molar-refractivity contribution >= 4 is 101 Å². The maximum Gasteiger partial charge on any atom is 0.410 e. The van der Waals surface area contributed by atoms with Crippen LogP contribution in [0.4, 0.5) is 16.4 Å². The maximum atomic E-state index is 14.0. The molecule has 3 aromatic heterocycles. The number of unbranched alkanes of at least 4 members (excludes halogenated alkanes) is 2. The predicted molar refractivity (Wildman–Crippen MR) is 323 cm³/mol. The van der Waals surface area contributed by atoms with E-state index in [1.807, 2.05) is 13.8 Å². The molecule has 0 radical (unpaired) electrons. The molecule has 2 aromatic carbocycles. The van der Waals surface area contributed by atoms with Crippen LogP contribution in [-0.4, -0.2) is 159 Å². The van der Waals surface area contributed by atoms with E-state index < -0.39 is 104 Å². The minimum absolute atomic E-state index is 0.00258. The Bertz CT molecular complexity index is 3620. The Labute approximate surface area is 519 Å². The van der Waals surface area contributed by atoms with Crippen molar-refractivity contribution in [2.45, 2.75) is 122 Å². The number of fused-ring (bicyclic) bond motifs is 4. The van der Waals surface area contributed by atoms with Crippen LogP contribution in [0.5, 0.6) is 5.88 Å². The van der Waals surface area contributed by atoms with Gasteiger partial charge in [-0.1, -0.05) is 50.6 Å². The van der Waals surface area contributed by atoms with E-state index in [4.69, 9.17) is 55.9 Å². The summed E-state index contributed by atoms with van der Waals surface area (Å²) in [7, 11) is 1.47. The molecule has 2 saturated heterocycles. The quantitative estimate of drug-likeness (QED) is 0.0286. The number of imide groups is 1. The van der Waals surface area contributed by atoms with Gasteiger partial charge in [-0.2, -0.15) is 4.98 Å². The molecule has 5 aromatic rings. The number of aromatic nitrogens is 6. The Morgan fingerprint density at radius 2 is 1.61 bits per heavy atom. The molecule has 9 rings (SSSR count). The third kappa shape index (κ3) is 17.2. The minimum atomic E-state index is -4.23. The fourth-order valence-corrected chi connectivity index (χ4v) is 13.4. The van der Waals surface area contributed by atoms with Crippen LogP contribution in [0, 0.1) is 17.8 Å². The number of H-pyrrole nitrogens is 1. The second kappa shape index (κ2) is 29.2. The number of aliphatic hydroxyl groups is 1. The summed E-state index contributed by atoms with van der Waals surface area (Å²) in [6.07, 6.45) is 1.14. The standard InChI is InChI=1S/C56H67N11O18P2S2/c1-31(2)40(23-37(68)11-6-5-9-21-66-44(69)17-18-45(66)70)52(74)60-32(3)50(72)61-36-15-13-33(14-16-36)26-79-56(76)65(4)25-34-10-7-8-12-39(34)51(73)63-55-62-49-46(53(75)64-55)59-30-67(49)54-48-47(71)42(83-54)28-81-86(77,88)84-41-24-38(82-43-19-20-57-29-58-43)22-35(41)27-80-87(78,89)85-48/h7-8,10,12-20,29-32,35,38,40-42,47-48,54,71H,5-6,9,11,21-28H2,1-4H3,(H,60,74)(H,61,72)(H,77,88)(H,78,89)(H2,62,63,64,73,75)/t32-,35+,38+,40-,41-,42+,47+,48+,54+,86?,87?/m0/s1. The summed E-state index contributed by atoms with van der Waals surface area (Å²) in [5, 5.41) is 19.7. The lowest BCUT2D eigenvalue weighted by molar-refractivity contribution is -0.137. The van der Waals surface area contributed by atoms with Crippen LogP contribution >= 0.6 is 13.4 Å². The molecular formula is C56H67N11O18P2S2. The predicted octanol–water partition coefficient (Wildman–Crippen LogP) is 4.46. The number of carbonyl (C=O) groups excluding carboxylic acids is 7. The molecule has 4 aliphatic rings. The van der Waals surface area contributed by atoms with Gasteiger partial charge >= 0.3 is 19.5 Å². The van der Waals surface area contributed by atoms with Crippen LogP contribution in [0.25, 0.3) is 11.2 Å². The summed E-state index contributed by atoms with van der Waals surface area (Å²) < 4.78 is 42.4.